The Morgan fingerprint density at radius 3 is 2.49 bits per heavy atom. The quantitative estimate of drug-likeness (QED) is 0.194. The lowest BCUT2D eigenvalue weighted by atomic mass is 9.97. The minimum atomic E-state index is -4.62. The molecule has 0 fully saturated rings. The molecule has 0 saturated heterocycles. The third-order valence-corrected chi connectivity index (χ3v) is 7.24. The van der Waals surface area contributed by atoms with Crippen LogP contribution in [0.1, 0.15) is 71.5 Å². The summed E-state index contributed by atoms with van der Waals surface area (Å²) in [4.78, 5) is 28.9. The highest BCUT2D eigenvalue weighted by atomic mass is 19.4. The highest BCUT2D eigenvalue weighted by Gasteiger charge is 2.44. The van der Waals surface area contributed by atoms with Crippen LogP contribution in [0.4, 0.5) is 18.9 Å². The zero-order valence-corrected chi connectivity index (χ0v) is 23.0. The predicted molar refractivity (Wildman–Crippen MR) is 150 cm³/mol. The molecule has 0 radical (unpaired) electrons. The van der Waals surface area contributed by atoms with Gasteiger partial charge in [-0.25, -0.2) is 0 Å². The molecule has 214 valence electrons. The van der Waals surface area contributed by atoms with Crippen LogP contribution in [-0.2, 0) is 6.18 Å². The van der Waals surface area contributed by atoms with Gasteiger partial charge in [0.1, 0.15) is 5.58 Å². The van der Waals surface area contributed by atoms with Gasteiger partial charge in [0.25, 0.3) is 5.91 Å². The number of unbranched alkanes of at least 4 members (excludes halogenated alkanes) is 3. The average Bonchev–Trinajstić information content (AvgIpc) is 3.25. The lowest BCUT2D eigenvalue weighted by Crippen LogP contribution is -2.29. The van der Waals surface area contributed by atoms with Crippen molar-refractivity contribution >= 4 is 22.6 Å². The second kappa shape index (κ2) is 11.3. The molecule has 1 aromatic heterocycles. The number of methoxy groups -OCH3 is 1. The van der Waals surface area contributed by atoms with E-state index in [9.17, 15) is 22.8 Å². The normalized spacial score (nSPS) is 14.9. The van der Waals surface area contributed by atoms with Crippen LogP contribution in [0.3, 0.4) is 0 Å². The molecule has 6 nitrogen and oxygen atoms in total. The van der Waals surface area contributed by atoms with Crippen molar-refractivity contribution in [3.05, 3.63) is 98.9 Å². The third kappa shape index (κ3) is 5.40. The summed E-state index contributed by atoms with van der Waals surface area (Å²) in [6.07, 6.45) is -0.505. The predicted octanol–water partition coefficient (Wildman–Crippen LogP) is 7.84. The number of aryl methyl sites for hydroxylation is 1. The fourth-order valence-electron chi connectivity index (χ4n) is 5.18. The van der Waals surface area contributed by atoms with E-state index in [1.807, 2.05) is 6.92 Å². The van der Waals surface area contributed by atoms with Crippen LogP contribution in [0, 0.1) is 6.92 Å². The number of ether oxygens (including phenoxy) is 2. The Labute approximate surface area is 235 Å². The van der Waals surface area contributed by atoms with Gasteiger partial charge in [-0.15, -0.1) is 0 Å². The minimum Gasteiger partial charge on any atom is -0.493 e. The van der Waals surface area contributed by atoms with Crippen molar-refractivity contribution in [3.63, 3.8) is 0 Å². The molecule has 0 bridgehead atoms. The van der Waals surface area contributed by atoms with E-state index in [1.165, 1.54) is 24.1 Å². The molecule has 5 rings (SSSR count). The van der Waals surface area contributed by atoms with Crippen LogP contribution in [0.2, 0.25) is 0 Å². The summed E-state index contributed by atoms with van der Waals surface area (Å²) in [5, 5.41) is 0.284. The van der Waals surface area contributed by atoms with Crippen LogP contribution < -0.4 is 19.8 Å². The van der Waals surface area contributed by atoms with E-state index in [4.69, 9.17) is 13.9 Å². The zero-order chi connectivity index (χ0) is 29.3. The summed E-state index contributed by atoms with van der Waals surface area (Å²) in [5.74, 6) is -0.0453. The van der Waals surface area contributed by atoms with Crippen LogP contribution >= 0.6 is 0 Å². The van der Waals surface area contributed by atoms with Gasteiger partial charge in [0.05, 0.1) is 36.3 Å². The molecule has 1 unspecified atom stereocenters. The molecule has 0 aliphatic carbocycles. The van der Waals surface area contributed by atoms with Gasteiger partial charge in [-0.05, 0) is 61.4 Å². The number of carbonyl (C=O) groups is 1. The SMILES string of the molecule is CCCCCCOc1ccc(C2c3c(oc4ccc(C)cc4c3=O)C(=O)N2c2cccc(C(F)(F)F)c2)cc1OC. The lowest BCUT2D eigenvalue weighted by molar-refractivity contribution is -0.137. The van der Waals surface area contributed by atoms with E-state index in [2.05, 4.69) is 6.92 Å². The number of fused-ring (bicyclic) bond motifs is 2. The van der Waals surface area contributed by atoms with Crippen molar-refractivity contribution in [2.24, 2.45) is 0 Å². The maximum absolute atomic E-state index is 13.9. The van der Waals surface area contributed by atoms with E-state index in [1.54, 1.807) is 36.4 Å². The van der Waals surface area contributed by atoms with E-state index >= 15 is 0 Å². The monoisotopic (exact) mass is 565 g/mol. The second-order valence-corrected chi connectivity index (χ2v) is 10.1. The maximum atomic E-state index is 13.9. The first-order valence-corrected chi connectivity index (χ1v) is 13.5. The van der Waals surface area contributed by atoms with Gasteiger partial charge in [-0.1, -0.05) is 49.9 Å². The smallest absolute Gasteiger partial charge is 0.416 e. The highest BCUT2D eigenvalue weighted by molar-refractivity contribution is 6.10. The Morgan fingerprint density at radius 2 is 1.76 bits per heavy atom. The summed E-state index contributed by atoms with van der Waals surface area (Å²) < 4.78 is 58.4. The van der Waals surface area contributed by atoms with Crippen LogP contribution in [0.15, 0.2) is 69.9 Å². The molecule has 0 N–H and O–H groups in total. The lowest BCUT2D eigenvalue weighted by Gasteiger charge is -2.26. The topological polar surface area (TPSA) is 69.0 Å². The number of benzene rings is 3. The molecule has 1 aliphatic heterocycles. The molecule has 0 spiro atoms. The van der Waals surface area contributed by atoms with Crippen molar-refractivity contribution < 1.29 is 31.9 Å². The molecule has 3 aromatic carbocycles. The zero-order valence-electron chi connectivity index (χ0n) is 23.0. The number of hydrogen-bond donors (Lipinski definition) is 0. The summed E-state index contributed by atoms with van der Waals surface area (Å²) >= 11 is 0. The Kier molecular flexibility index (Phi) is 7.80. The number of halogens is 3. The summed E-state index contributed by atoms with van der Waals surface area (Å²) in [6.45, 7) is 4.45. The average molecular weight is 566 g/mol. The van der Waals surface area contributed by atoms with Crippen LogP contribution in [0.25, 0.3) is 11.0 Å². The van der Waals surface area contributed by atoms with Crippen molar-refractivity contribution in [3.8, 4) is 11.5 Å². The molecule has 1 aliphatic rings. The van der Waals surface area contributed by atoms with E-state index < -0.39 is 29.1 Å². The number of amides is 1. The number of alkyl halides is 3. The third-order valence-electron chi connectivity index (χ3n) is 7.24. The van der Waals surface area contributed by atoms with Crippen LogP contribution in [-0.4, -0.2) is 19.6 Å². The van der Waals surface area contributed by atoms with Gasteiger partial charge >= 0.3 is 6.18 Å². The second-order valence-electron chi connectivity index (χ2n) is 10.1. The maximum Gasteiger partial charge on any atom is 0.416 e. The van der Waals surface area contributed by atoms with Gasteiger partial charge in [0.15, 0.2) is 16.9 Å². The van der Waals surface area contributed by atoms with Crippen LogP contribution in [0.5, 0.6) is 11.5 Å². The number of rotatable bonds is 9. The molecule has 9 heteroatoms. The van der Waals surface area contributed by atoms with E-state index in [0.717, 1.165) is 43.4 Å². The molecule has 2 heterocycles. The molecular weight excluding hydrogens is 535 g/mol. The molecule has 4 aromatic rings. The summed E-state index contributed by atoms with van der Waals surface area (Å²) in [6, 6.07) is 13.5. The van der Waals surface area contributed by atoms with Gasteiger partial charge in [0.2, 0.25) is 5.76 Å². The largest absolute Gasteiger partial charge is 0.493 e. The Morgan fingerprint density at radius 1 is 0.951 bits per heavy atom. The minimum absolute atomic E-state index is 0.0175. The van der Waals surface area contributed by atoms with Gasteiger partial charge < -0.3 is 13.9 Å². The van der Waals surface area contributed by atoms with Crippen molar-refractivity contribution in [1.29, 1.82) is 0 Å². The van der Waals surface area contributed by atoms with Gasteiger partial charge in [-0.3, -0.25) is 14.5 Å². The summed E-state index contributed by atoms with van der Waals surface area (Å²) in [7, 11) is 1.48. The molecular formula is C32H30F3NO5. The van der Waals surface area contributed by atoms with Crippen molar-refractivity contribution in [2.45, 2.75) is 51.7 Å². The first kappa shape index (κ1) is 28.3. The Hall–Kier alpha value is -4.27. The number of anilines is 1. The van der Waals surface area contributed by atoms with Crippen molar-refractivity contribution in [1.82, 2.24) is 0 Å². The fourth-order valence-corrected chi connectivity index (χ4v) is 5.18. The molecule has 1 amide bonds. The summed E-state index contributed by atoms with van der Waals surface area (Å²) in [5.41, 5.74) is 0.208. The number of hydrogen-bond acceptors (Lipinski definition) is 5. The van der Waals surface area contributed by atoms with E-state index in [0.29, 0.717) is 23.7 Å². The van der Waals surface area contributed by atoms with Crippen molar-refractivity contribution in [2.75, 3.05) is 18.6 Å². The first-order valence-electron chi connectivity index (χ1n) is 13.5. The fraction of sp³-hybridized carbons (Fsp3) is 0.312. The molecule has 41 heavy (non-hydrogen) atoms. The number of carbonyl (C=O) groups excluding carboxylic acids is 1. The Bertz CT molecular complexity index is 1660. The molecule has 0 saturated carbocycles. The number of nitrogens with zero attached hydrogens (tertiary/aromatic N) is 1. The Balaban J connectivity index is 1.65. The standard InChI is InChI=1S/C32H30F3NO5/c1-4-5-6-7-15-40-25-14-12-20(17-26(25)39-3)28-27-29(37)23-16-19(2)11-13-24(23)41-30(27)31(38)36(28)22-10-8-9-21(18-22)32(33,34)35/h8-14,16-18,28H,4-7,15H2,1-3H3. The molecule has 1 atom stereocenters. The first-order chi connectivity index (χ1) is 19.6. The van der Waals surface area contributed by atoms with Gasteiger partial charge in [0, 0.05) is 5.69 Å². The van der Waals surface area contributed by atoms with E-state index in [-0.39, 0.29) is 28.0 Å². The van der Waals surface area contributed by atoms with Gasteiger partial charge in [-0.2, -0.15) is 13.2 Å². The highest BCUT2D eigenvalue weighted by Crippen LogP contribution is 2.44.